The molecule has 0 atom stereocenters. The van der Waals surface area contributed by atoms with E-state index >= 15 is 0 Å². The third kappa shape index (κ3) is 8.76. The van der Waals surface area contributed by atoms with E-state index in [9.17, 15) is 41.4 Å². The number of Topliss-reactive ketones (excluding diaryl/α,β-unsaturated/α-hetero) is 1. The molecule has 8 nitrogen and oxygen atoms in total. The van der Waals surface area contributed by atoms with E-state index in [4.69, 9.17) is 22.1 Å². The van der Waals surface area contributed by atoms with Gasteiger partial charge < -0.3 is 20.5 Å². The second kappa shape index (κ2) is 14.5. The number of esters is 1. The first-order chi connectivity index (χ1) is 20.2. The predicted molar refractivity (Wildman–Crippen MR) is 147 cm³/mol. The number of ether oxygens (including phenoxy) is 1. The molecule has 1 amide bonds. The van der Waals surface area contributed by atoms with Gasteiger partial charge in [-0.25, -0.2) is 8.78 Å². The third-order valence-electron chi connectivity index (χ3n) is 6.74. The molecule has 43 heavy (non-hydrogen) atoms. The minimum Gasteiger partial charge on any atom is -0.507 e. The number of phenols is 1. The smallest absolute Gasteiger partial charge is 0.433 e. The molecule has 3 rings (SSSR count). The highest BCUT2D eigenvalue weighted by atomic mass is 35.5. The monoisotopic (exact) mass is 629 g/mol. The molecule has 0 saturated heterocycles. The van der Waals surface area contributed by atoms with Gasteiger partial charge in [-0.1, -0.05) is 17.7 Å². The van der Waals surface area contributed by atoms with E-state index in [-0.39, 0.29) is 42.9 Å². The second-order valence-electron chi connectivity index (χ2n) is 9.81. The van der Waals surface area contributed by atoms with E-state index in [1.54, 1.807) is 6.92 Å². The van der Waals surface area contributed by atoms with Crippen LogP contribution in [0, 0.1) is 17.6 Å². The molecule has 0 spiro atoms. The number of carbonyl (C=O) groups is 3. The molecule has 3 N–H and O–H groups in total. The third-order valence-corrected chi connectivity index (χ3v) is 7.05. The number of aliphatic imine (C=N–C) groups is 1. The van der Waals surface area contributed by atoms with E-state index < -0.39 is 83.1 Å². The zero-order valence-corrected chi connectivity index (χ0v) is 23.7. The number of rotatable bonds is 10. The fraction of sp³-hybridized carbons (Fsp3) is 0.379. The van der Waals surface area contributed by atoms with Crippen LogP contribution in [0.3, 0.4) is 0 Å². The first-order valence-electron chi connectivity index (χ1n) is 13.2. The van der Waals surface area contributed by atoms with Gasteiger partial charge in [-0.05, 0) is 62.4 Å². The van der Waals surface area contributed by atoms with Crippen molar-refractivity contribution in [1.82, 2.24) is 4.90 Å². The molecule has 1 saturated carbocycles. The van der Waals surface area contributed by atoms with Crippen molar-refractivity contribution >= 4 is 35.0 Å². The Labute approximate surface area is 249 Å². The lowest BCUT2D eigenvalue weighted by molar-refractivity contribution is -0.149. The van der Waals surface area contributed by atoms with Gasteiger partial charge in [-0.15, -0.1) is 0 Å². The number of amides is 1. The Morgan fingerprint density at radius 3 is 2.28 bits per heavy atom. The molecule has 2 aromatic carbocycles. The molecule has 14 heteroatoms. The van der Waals surface area contributed by atoms with Gasteiger partial charge in [-0.2, -0.15) is 13.2 Å². The number of alkyl halides is 3. The average Bonchev–Trinajstić information content (AvgIpc) is 2.91. The zero-order valence-electron chi connectivity index (χ0n) is 23.0. The van der Waals surface area contributed by atoms with E-state index in [1.807, 2.05) is 0 Å². The number of benzene rings is 2. The number of halogens is 6. The molecule has 0 radical (unpaired) electrons. The van der Waals surface area contributed by atoms with Crippen molar-refractivity contribution in [1.29, 1.82) is 0 Å². The standard InChI is InChI=1S/C29H29ClF5N3O5/c1-2-43-28(42)17-6-8-20(9-7-17)37-26(29(33,34)35)21(13-36)27(41)38(14-16-10-18(31)12-19(32)11-16)15-24(40)25-22(30)4-3-5-23(25)39/h3-5,10-13,17,20,39H,2,6-9,14-15,36H2,1H3. The number of hydrogen-bond acceptors (Lipinski definition) is 7. The number of hydrogen-bond donors (Lipinski definition) is 2. The van der Waals surface area contributed by atoms with Crippen LogP contribution in [0.4, 0.5) is 22.0 Å². The molecule has 0 aliphatic heterocycles. The van der Waals surface area contributed by atoms with E-state index in [0.717, 1.165) is 18.2 Å². The van der Waals surface area contributed by atoms with E-state index in [2.05, 4.69) is 4.99 Å². The summed E-state index contributed by atoms with van der Waals surface area (Å²) in [7, 11) is 0. The second-order valence-corrected chi connectivity index (χ2v) is 10.2. The minimum atomic E-state index is -5.17. The van der Waals surface area contributed by atoms with Crippen LogP contribution >= 0.6 is 11.6 Å². The number of aromatic hydroxyl groups is 1. The Bertz CT molecular complexity index is 1380. The van der Waals surface area contributed by atoms with Crippen molar-refractivity contribution in [2.24, 2.45) is 16.6 Å². The summed E-state index contributed by atoms with van der Waals surface area (Å²) in [6.45, 7) is 0.151. The molecule has 1 fully saturated rings. The van der Waals surface area contributed by atoms with Crippen molar-refractivity contribution in [3.63, 3.8) is 0 Å². The Kier molecular flexibility index (Phi) is 11.3. The zero-order chi connectivity index (χ0) is 31.9. The van der Waals surface area contributed by atoms with Crippen molar-refractivity contribution in [2.75, 3.05) is 13.2 Å². The average molecular weight is 630 g/mol. The molecule has 0 aromatic heterocycles. The SMILES string of the molecule is CCOC(=O)C1CCC(N=C(C(=CN)C(=O)N(CC(=O)c2c(O)cccc2Cl)Cc2cc(F)cc(F)c2)C(F)(F)F)CC1. The summed E-state index contributed by atoms with van der Waals surface area (Å²) in [5, 5.41) is 9.96. The van der Waals surface area contributed by atoms with Gasteiger partial charge in [0.25, 0.3) is 5.91 Å². The van der Waals surface area contributed by atoms with Crippen LogP contribution in [0.2, 0.25) is 5.02 Å². The van der Waals surface area contributed by atoms with Crippen LogP contribution in [-0.4, -0.2) is 58.7 Å². The summed E-state index contributed by atoms with van der Waals surface area (Å²) >= 11 is 6.03. The summed E-state index contributed by atoms with van der Waals surface area (Å²) in [6, 6.07) is 5.09. The maximum atomic E-state index is 14.3. The normalized spacial score (nSPS) is 17.8. The lowest BCUT2D eigenvalue weighted by atomic mass is 9.86. The summed E-state index contributed by atoms with van der Waals surface area (Å²) in [5.74, 6) is -5.91. The van der Waals surface area contributed by atoms with Gasteiger partial charge in [0.1, 0.15) is 17.4 Å². The molecule has 0 heterocycles. The number of nitrogens with two attached hydrogens (primary N) is 1. The number of nitrogens with zero attached hydrogens (tertiary/aromatic N) is 2. The molecule has 0 bridgehead atoms. The van der Waals surface area contributed by atoms with Gasteiger partial charge in [0.15, 0.2) is 11.5 Å². The van der Waals surface area contributed by atoms with Crippen LogP contribution in [0.15, 0.2) is 53.2 Å². The fourth-order valence-electron chi connectivity index (χ4n) is 4.76. The lowest BCUT2D eigenvalue weighted by Crippen LogP contribution is -2.41. The van der Waals surface area contributed by atoms with Crippen LogP contribution in [0.1, 0.15) is 48.5 Å². The van der Waals surface area contributed by atoms with Crippen molar-refractivity contribution in [3.05, 3.63) is 76.0 Å². The van der Waals surface area contributed by atoms with Crippen LogP contribution in [0.5, 0.6) is 5.75 Å². The highest BCUT2D eigenvalue weighted by molar-refractivity contribution is 6.34. The van der Waals surface area contributed by atoms with Crippen molar-refractivity contribution in [2.45, 2.75) is 51.4 Å². The van der Waals surface area contributed by atoms with Gasteiger partial charge in [0.05, 0.1) is 41.3 Å². The van der Waals surface area contributed by atoms with Gasteiger partial charge >= 0.3 is 12.1 Å². The largest absolute Gasteiger partial charge is 0.507 e. The summed E-state index contributed by atoms with van der Waals surface area (Å²) < 4.78 is 75.8. The minimum absolute atomic E-state index is 0.103. The van der Waals surface area contributed by atoms with Gasteiger partial charge in [0, 0.05) is 18.8 Å². The van der Waals surface area contributed by atoms with Crippen molar-refractivity contribution < 1.29 is 46.2 Å². The summed E-state index contributed by atoms with van der Waals surface area (Å²) in [4.78, 5) is 43.2. The molecule has 1 aliphatic rings. The molecule has 1 aliphatic carbocycles. The molecular weight excluding hydrogens is 601 g/mol. The Balaban J connectivity index is 1.97. The van der Waals surface area contributed by atoms with Crippen LogP contribution < -0.4 is 5.73 Å². The molecule has 232 valence electrons. The maximum Gasteiger partial charge on any atom is 0.433 e. The maximum absolute atomic E-state index is 14.3. The van der Waals surface area contributed by atoms with Crippen LogP contribution in [0.25, 0.3) is 0 Å². The summed E-state index contributed by atoms with van der Waals surface area (Å²) in [5.41, 5.74) is 2.22. The first kappa shape index (κ1) is 33.5. The quantitative estimate of drug-likeness (QED) is 0.118. The number of carbonyl (C=O) groups excluding carboxylic acids is 3. The van der Waals surface area contributed by atoms with E-state index in [1.165, 1.54) is 12.1 Å². The lowest BCUT2D eigenvalue weighted by Gasteiger charge is -2.27. The predicted octanol–water partition coefficient (Wildman–Crippen LogP) is 5.50. The van der Waals surface area contributed by atoms with E-state index in [0.29, 0.717) is 17.2 Å². The fourth-order valence-corrected chi connectivity index (χ4v) is 5.04. The molecule has 2 aromatic rings. The first-order valence-corrected chi connectivity index (χ1v) is 13.6. The molecular formula is C29H29ClF5N3O5. The van der Waals surface area contributed by atoms with Gasteiger partial charge in [0.2, 0.25) is 0 Å². The summed E-state index contributed by atoms with van der Waals surface area (Å²) in [6.07, 6.45) is -4.12. The van der Waals surface area contributed by atoms with Gasteiger partial charge in [-0.3, -0.25) is 19.4 Å². The highest BCUT2D eigenvalue weighted by Crippen LogP contribution is 2.32. The number of phenolic OH excluding ortho intramolecular Hbond substituents is 1. The van der Waals surface area contributed by atoms with Crippen LogP contribution in [-0.2, 0) is 20.9 Å². The Morgan fingerprint density at radius 1 is 1.12 bits per heavy atom. The number of ketones is 1. The Hall–Kier alpha value is -4.00. The molecule has 0 unspecified atom stereocenters. The topological polar surface area (TPSA) is 122 Å². The highest BCUT2D eigenvalue weighted by Gasteiger charge is 2.43. The Morgan fingerprint density at radius 2 is 1.74 bits per heavy atom. The van der Waals surface area contributed by atoms with Crippen molar-refractivity contribution in [3.8, 4) is 5.75 Å².